The molecule has 4 nitrogen and oxygen atoms in total. The Balaban J connectivity index is 1.69. The number of aromatic nitrogens is 2. The number of hydrogen-bond acceptors (Lipinski definition) is 3. The van der Waals surface area contributed by atoms with Crippen LogP contribution in [0.25, 0.3) is 0 Å². The van der Waals surface area contributed by atoms with E-state index in [0.717, 1.165) is 48.2 Å². The predicted molar refractivity (Wildman–Crippen MR) is 95.6 cm³/mol. The number of hydrogen-bond donors (Lipinski definition) is 0. The largest absolute Gasteiger partial charge is 0.294 e. The van der Waals surface area contributed by atoms with Gasteiger partial charge in [-0.05, 0) is 43.4 Å². The zero-order valence-electron chi connectivity index (χ0n) is 14.5. The second-order valence-corrected chi connectivity index (χ2v) is 7.28. The Labute approximate surface area is 148 Å². The monoisotopic (exact) mass is 333 g/mol. The van der Waals surface area contributed by atoms with Gasteiger partial charge in [0.05, 0.1) is 29.4 Å². The van der Waals surface area contributed by atoms with Gasteiger partial charge in [-0.3, -0.25) is 9.48 Å². The quantitative estimate of drug-likeness (QED) is 0.838. The van der Waals surface area contributed by atoms with Gasteiger partial charge in [0.1, 0.15) is 0 Å². The molecule has 0 bridgehead atoms. The molecule has 0 radical (unpaired) electrons. The summed E-state index contributed by atoms with van der Waals surface area (Å²) < 4.78 is 2.05. The molecule has 1 saturated carbocycles. The normalized spacial score (nSPS) is 18.0. The van der Waals surface area contributed by atoms with Gasteiger partial charge in [-0.1, -0.05) is 31.4 Å². The lowest BCUT2D eigenvalue weighted by Gasteiger charge is -2.21. The van der Waals surface area contributed by atoms with Gasteiger partial charge in [0.2, 0.25) is 0 Å². The summed E-state index contributed by atoms with van der Waals surface area (Å²) in [6.07, 6.45) is 8.65. The number of carbonyl (C=O) groups excluding carboxylic acids is 1. The van der Waals surface area contributed by atoms with Crippen LogP contribution >= 0.6 is 0 Å². The zero-order chi connectivity index (χ0) is 17.2. The Hall–Kier alpha value is -2.41. The van der Waals surface area contributed by atoms with Gasteiger partial charge in [-0.25, -0.2) is 0 Å². The fourth-order valence-corrected chi connectivity index (χ4v) is 4.27. The van der Waals surface area contributed by atoms with Crippen molar-refractivity contribution >= 4 is 5.78 Å². The van der Waals surface area contributed by atoms with Crippen LogP contribution in [0.4, 0.5) is 0 Å². The first-order valence-corrected chi connectivity index (χ1v) is 9.38. The van der Waals surface area contributed by atoms with Crippen molar-refractivity contribution in [2.45, 2.75) is 63.8 Å². The lowest BCUT2D eigenvalue weighted by Crippen LogP contribution is -2.15. The van der Waals surface area contributed by atoms with Crippen molar-refractivity contribution in [3.8, 4) is 6.07 Å². The Morgan fingerprint density at radius 1 is 1.08 bits per heavy atom. The molecule has 4 rings (SSSR count). The third kappa shape index (κ3) is 3.11. The van der Waals surface area contributed by atoms with E-state index in [1.54, 1.807) is 0 Å². The molecule has 0 N–H and O–H groups in total. The van der Waals surface area contributed by atoms with Crippen LogP contribution in [0.2, 0.25) is 0 Å². The number of benzene rings is 1. The van der Waals surface area contributed by atoms with Crippen molar-refractivity contribution < 1.29 is 4.79 Å². The molecule has 0 saturated heterocycles. The SMILES string of the molecule is N#Cc1ccc(Cn2nc(C3CCCCC3)c3c2CCCC3=O)cc1. The summed E-state index contributed by atoms with van der Waals surface area (Å²) in [5.74, 6) is 0.736. The topological polar surface area (TPSA) is 58.7 Å². The second-order valence-electron chi connectivity index (χ2n) is 7.28. The molecule has 128 valence electrons. The highest BCUT2D eigenvalue weighted by molar-refractivity contribution is 5.99. The van der Waals surface area contributed by atoms with Crippen molar-refractivity contribution in [3.63, 3.8) is 0 Å². The molecule has 2 aliphatic rings. The van der Waals surface area contributed by atoms with Gasteiger partial charge in [0.15, 0.2) is 5.78 Å². The zero-order valence-corrected chi connectivity index (χ0v) is 14.5. The molecule has 0 atom stereocenters. The highest BCUT2D eigenvalue weighted by Crippen LogP contribution is 2.37. The molecule has 1 aromatic heterocycles. The summed E-state index contributed by atoms with van der Waals surface area (Å²) in [6, 6.07) is 9.81. The summed E-state index contributed by atoms with van der Waals surface area (Å²) in [5, 5.41) is 13.9. The minimum Gasteiger partial charge on any atom is -0.294 e. The van der Waals surface area contributed by atoms with E-state index in [1.165, 1.54) is 19.3 Å². The molecule has 0 amide bonds. The second kappa shape index (κ2) is 6.84. The molecular formula is C21H23N3O. The number of nitriles is 1. The smallest absolute Gasteiger partial charge is 0.166 e. The van der Waals surface area contributed by atoms with E-state index in [2.05, 4.69) is 10.8 Å². The van der Waals surface area contributed by atoms with Gasteiger partial charge >= 0.3 is 0 Å². The Morgan fingerprint density at radius 3 is 2.56 bits per heavy atom. The van der Waals surface area contributed by atoms with E-state index in [9.17, 15) is 4.79 Å². The summed E-state index contributed by atoms with van der Waals surface area (Å²) in [7, 11) is 0. The van der Waals surface area contributed by atoms with Gasteiger partial charge < -0.3 is 0 Å². The van der Waals surface area contributed by atoms with Crippen LogP contribution in [0, 0.1) is 11.3 Å². The first-order chi connectivity index (χ1) is 12.3. The lowest BCUT2D eigenvalue weighted by atomic mass is 9.82. The number of carbonyl (C=O) groups is 1. The summed E-state index contributed by atoms with van der Waals surface area (Å²) in [6.45, 7) is 0.675. The van der Waals surface area contributed by atoms with Crippen LogP contribution in [0.15, 0.2) is 24.3 Å². The van der Waals surface area contributed by atoms with Gasteiger partial charge in [-0.2, -0.15) is 10.4 Å². The summed E-state index contributed by atoms with van der Waals surface area (Å²) in [4.78, 5) is 12.6. The fraction of sp³-hybridized carbons (Fsp3) is 0.476. The maximum Gasteiger partial charge on any atom is 0.166 e. The minimum atomic E-state index is 0.285. The highest BCUT2D eigenvalue weighted by Gasteiger charge is 2.31. The molecule has 0 unspecified atom stereocenters. The third-order valence-electron chi connectivity index (χ3n) is 5.59. The molecule has 25 heavy (non-hydrogen) atoms. The van der Waals surface area contributed by atoms with Crippen LogP contribution in [0.5, 0.6) is 0 Å². The minimum absolute atomic E-state index is 0.285. The van der Waals surface area contributed by atoms with Gasteiger partial charge in [0, 0.05) is 18.0 Å². The van der Waals surface area contributed by atoms with Gasteiger partial charge in [0.25, 0.3) is 0 Å². The Morgan fingerprint density at radius 2 is 1.84 bits per heavy atom. The maximum absolute atomic E-state index is 12.6. The number of rotatable bonds is 3. The van der Waals surface area contributed by atoms with Crippen LogP contribution < -0.4 is 0 Å². The van der Waals surface area contributed by atoms with Crippen molar-refractivity contribution in [1.29, 1.82) is 5.26 Å². The fourth-order valence-electron chi connectivity index (χ4n) is 4.27. The van der Waals surface area contributed by atoms with E-state index >= 15 is 0 Å². The molecule has 1 aromatic carbocycles. The van der Waals surface area contributed by atoms with Crippen molar-refractivity contribution in [3.05, 3.63) is 52.3 Å². The van der Waals surface area contributed by atoms with E-state index < -0.39 is 0 Å². The van der Waals surface area contributed by atoms with E-state index in [1.807, 2.05) is 24.3 Å². The first-order valence-electron chi connectivity index (χ1n) is 9.38. The summed E-state index contributed by atoms with van der Waals surface area (Å²) >= 11 is 0. The van der Waals surface area contributed by atoms with Crippen molar-refractivity contribution in [2.75, 3.05) is 0 Å². The van der Waals surface area contributed by atoms with Crippen LogP contribution in [-0.4, -0.2) is 15.6 Å². The third-order valence-corrected chi connectivity index (χ3v) is 5.59. The molecule has 1 fully saturated rings. The molecule has 4 heteroatoms. The molecule has 0 aliphatic heterocycles. The first kappa shape index (κ1) is 16.1. The summed E-state index contributed by atoms with van der Waals surface area (Å²) in [5.41, 5.74) is 4.92. The molecule has 2 aliphatic carbocycles. The molecule has 1 heterocycles. The number of Topliss-reactive ketones (excluding diaryl/α,β-unsaturated/α-hetero) is 1. The maximum atomic E-state index is 12.6. The van der Waals surface area contributed by atoms with Crippen molar-refractivity contribution in [1.82, 2.24) is 9.78 Å². The molecule has 0 spiro atoms. The van der Waals surface area contributed by atoms with E-state index in [-0.39, 0.29) is 5.78 Å². The van der Waals surface area contributed by atoms with E-state index in [0.29, 0.717) is 24.4 Å². The Bertz CT molecular complexity index is 820. The Kier molecular flexibility index (Phi) is 4.40. The number of nitrogens with zero attached hydrogens (tertiary/aromatic N) is 3. The standard InChI is InChI=1S/C21H23N3O/c22-13-15-9-11-16(12-10-15)14-24-18-7-4-8-19(25)20(18)21(23-24)17-5-2-1-3-6-17/h9-12,17H,1-8,14H2. The van der Waals surface area contributed by atoms with Crippen LogP contribution in [-0.2, 0) is 13.0 Å². The molecular weight excluding hydrogens is 310 g/mol. The predicted octanol–water partition coefficient (Wildman–Crippen LogP) is 4.37. The number of fused-ring (bicyclic) bond motifs is 1. The molecule has 2 aromatic rings. The van der Waals surface area contributed by atoms with Crippen LogP contribution in [0.1, 0.15) is 83.7 Å². The van der Waals surface area contributed by atoms with Gasteiger partial charge in [-0.15, -0.1) is 0 Å². The average Bonchev–Trinajstić information content (AvgIpc) is 3.03. The number of ketones is 1. The van der Waals surface area contributed by atoms with E-state index in [4.69, 9.17) is 10.4 Å². The van der Waals surface area contributed by atoms with Crippen LogP contribution in [0.3, 0.4) is 0 Å². The highest BCUT2D eigenvalue weighted by atomic mass is 16.1. The average molecular weight is 333 g/mol. The van der Waals surface area contributed by atoms with Crippen molar-refractivity contribution in [2.24, 2.45) is 0 Å². The lowest BCUT2D eigenvalue weighted by molar-refractivity contribution is 0.0970.